The Kier molecular flexibility index (Phi) is 8.39. The minimum atomic E-state index is -4.77. The van der Waals surface area contributed by atoms with Gasteiger partial charge in [0.25, 0.3) is 5.56 Å². The smallest absolute Gasteiger partial charge is 0.352 e. The standard InChI is InChI=1S/C24H27ClF3N5O2/c1-15-11-31-32(14-15)6-7-33-16(2)8-21(24(26,27)28)20(23(33)35)10-22(34)30-13-18-9-19(25)5-4-17(18)12-29-3/h4-5,8-9,11,14,29H,6-7,10,12-13H2,1-3H3,(H,30,34). The highest BCUT2D eigenvalue weighted by Gasteiger charge is 2.36. The van der Waals surface area contributed by atoms with Gasteiger partial charge in [0, 0.05) is 42.1 Å². The van der Waals surface area contributed by atoms with Crippen molar-refractivity contribution in [3.05, 3.63) is 85.5 Å². The van der Waals surface area contributed by atoms with Crippen LogP contribution in [0.2, 0.25) is 5.02 Å². The van der Waals surface area contributed by atoms with Crippen LogP contribution in [0.1, 0.15) is 33.5 Å². The van der Waals surface area contributed by atoms with Crippen molar-refractivity contribution in [2.24, 2.45) is 0 Å². The number of hydrogen-bond donors (Lipinski definition) is 2. The van der Waals surface area contributed by atoms with Crippen LogP contribution in [0.25, 0.3) is 0 Å². The number of rotatable bonds is 9. The first-order valence-corrected chi connectivity index (χ1v) is 11.4. The van der Waals surface area contributed by atoms with E-state index < -0.39 is 35.2 Å². The molecule has 3 rings (SSSR count). The molecule has 0 saturated heterocycles. The monoisotopic (exact) mass is 509 g/mol. The highest BCUT2D eigenvalue weighted by Crippen LogP contribution is 2.31. The number of carbonyl (C=O) groups is 1. The largest absolute Gasteiger partial charge is 0.416 e. The van der Waals surface area contributed by atoms with Crippen molar-refractivity contribution in [2.45, 2.75) is 52.6 Å². The maximum Gasteiger partial charge on any atom is 0.416 e. The number of alkyl halides is 3. The van der Waals surface area contributed by atoms with Gasteiger partial charge in [0.2, 0.25) is 5.91 Å². The molecule has 0 atom stereocenters. The van der Waals surface area contributed by atoms with E-state index >= 15 is 0 Å². The zero-order valence-electron chi connectivity index (χ0n) is 19.7. The molecule has 0 radical (unpaired) electrons. The van der Waals surface area contributed by atoms with E-state index in [0.717, 1.165) is 22.8 Å². The molecule has 1 amide bonds. The molecule has 0 unspecified atom stereocenters. The van der Waals surface area contributed by atoms with E-state index in [1.54, 1.807) is 36.3 Å². The predicted molar refractivity (Wildman–Crippen MR) is 127 cm³/mol. The molecule has 0 fully saturated rings. The molecular weight excluding hydrogens is 483 g/mol. The van der Waals surface area contributed by atoms with Crippen molar-refractivity contribution >= 4 is 17.5 Å². The molecule has 7 nitrogen and oxygen atoms in total. The number of benzene rings is 1. The molecule has 1 aromatic carbocycles. The second kappa shape index (κ2) is 11.1. The molecule has 2 N–H and O–H groups in total. The van der Waals surface area contributed by atoms with Crippen LogP contribution in [0.5, 0.6) is 0 Å². The first kappa shape index (κ1) is 26.5. The Hall–Kier alpha value is -3.11. The zero-order valence-corrected chi connectivity index (χ0v) is 20.4. The maximum absolute atomic E-state index is 13.8. The van der Waals surface area contributed by atoms with Crippen LogP contribution in [-0.2, 0) is 43.6 Å². The molecule has 2 heterocycles. The average Bonchev–Trinajstić information content (AvgIpc) is 3.20. The van der Waals surface area contributed by atoms with E-state index in [2.05, 4.69) is 15.7 Å². The van der Waals surface area contributed by atoms with Crippen LogP contribution in [0, 0.1) is 13.8 Å². The van der Waals surface area contributed by atoms with Crippen molar-refractivity contribution in [1.82, 2.24) is 25.0 Å². The number of nitrogens with zero attached hydrogens (tertiary/aromatic N) is 3. The summed E-state index contributed by atoms with van der Waals surface area (Å²) in [6.45, 7) is 4.32. The zero-order chi connectivity index (χ0) is 25.8. The number of aryl methyl sites for hydroxylation is 3. The van der Waals surface area contributed by atoms with Crippen molar-refractivity contribution in [3.63, 3.8) is 0 Å². The molecule has 11 heteroatoms. The summed E-state index contributed by atoms with van der Waals surface area (Å²) in [5.41, 5.74) is 0.183. The second-order valence-corrected chi connectivity index (χ2v) is 8.75. The Bertz CT molecular complexity index is 1270. The predicted octanol–water partition coefficient (Wildman–Crippen LogP) is 3.61. The average molecular weight is 510 g/mol. The Morgan fingerprint density at radius 2 is 1.86 bits per heavy atom. The van der Waals surface area contributed by atoms with E-state index in [1.807, 2.05) is 13.0 Å². The van der Waals surface area contributed by atoms with E-state index in [9.17, 15) is 22.8 Å². The van der Waals surface area contributed by atoms with Crippen molar-refractivity contribution in [1.29, 1.82) is 0 Å². The van der Waals surface area contributed by atoms with Gasteiger partial charge >= 0.3 is 6.18 Å². The quantitative estimate of drug-likeness (QED) is 0.462. The van der Waals surface area contributed by atoms with Gasteiger partial charge in [0.05, 0.1) is 24.7 Å². The summed E-state index contributed by atoms with van der Waals surface area (Å²) < 4.78 is 44.1. The summed E-state index contributed by atoms with van der Waals surface area (Å²) in [5.74, 6) is -0.693. The third-order valence-corrected chi connectivity index (χ3v) is 5.81. The van der Waals surface area contributed by atoms with Crippen LogP contribution >= 0.6 is 11.6 Å². The van der Waals surface area contributed by atoms with Gasteiger partial charge in [-0.25, -0.2) is 0 Å². The van der Waals surface area contributed by atoms with Crippen LogP contribution in [0.3, 0.4) is 0 Å². The fraction of sp³-hybridized carbons (Fsp3) is 0.375. The summed E-state index contributed by atoms with van der Waals surface area (Å²) in [7, 11) is 1.77. The van der Waals surface area contributed by atoms with Crippen LogP contribution < -0.4 is 16.2 Å². The Balaban J connectivity index is 1.84. The Morgan fingerprint density at radius 1 is 1.11 bits per heavy atom. The van der Waals surface area contributed by atoms with Gasteiger partial charge in [-0.3, -0.25) is 14.3 Å². The molecule has 3 aromatic rings. The number of amides is 1. The first-order chi connectivity index (χ1) is 16.5. The van der Waals surface area contributed by atoms with E-state index in [1.165, 1.54) is 11.5 Å². The first-order valence-electron chi connectivity index (χ1n) is 11.0. The lowest BCUT2D eigenvalue weighted by atomic mass is 10.0. The molecule has 0 saturated carbocycles. The Labute approximate surface area is 205 Å². The fourth-order valence-electron chi connectivity index (χ4n) is 3.84. The number of aromatic nitrogens is 3. The second-order valence-electron chi connectivity index (χ2n) is 8.31. The number of pyridine rings is 1. The normalized spacial score (nSPS) is 11.6. The van der Waals surface area contributed by atoms with E-state index in [-0.39, 0.29) is 18.8 Å². The highest BCUT2D eigenvalue weighted by molar-refractivity contribution is 6.30. The van der Waals surface area contributed by atoms with Gasteiger partial charge in [-0.1, -0.05) is 17.7 Å². The van der Waals surface area contributed by atoms with E-state index in [0.29, 0.717) is 18.1 Å². The summed E-state index contributed by atoms with van der Waals surface area (Å²) in [5, 5.41) is 10.2. The number of nitrogens with one attached hydrogen (secondary N) is 2. The molecule has 0 aliphatic heterocycles. The third-order valence-electron chi connectivity index (χ3n) is 5.58. The van der Waals surface area contributed by atoms with Crippen molar-refractivity contribution < 1.29 is 18.0 Å². The maximum atomic E-state index is 13.8. The van der Waals surface area contributed by atoms with Gasteiger partial charge < -0.3 is 15.2 Å². The minimum absolute atomic E-state index is 0.0659. The van der Waals surface area contributed by atoms with Gasteiger partial charge in [0.15, 0.2) is 0 Å². The molecule has 0 aliphatic rings. The Morgan fingerprint density at radius 3 is 2.49 bits per heavy atom. The van der Waals surface area contributed by atoms with Crippen LogP contribution in [0.4, 0.5) is 13.2 Å². The molecule has 0 aliphatic carbocycles. The lowest BCUT2D eigenvalue weighted by molar-refractivity contribution is -0.138. The van der Waals surface area contributed by atoms with Gasteiger partial charge in [0.1, 0.15) is 0 Å². The van der Waals surface area contributed by atoms with Crippen LogP contribution in [-0.4, -0.2) is 27.3 Å². The number of hydrogen-bond acceptors (Lipinski definition) is 4. The SMILES string of the molecule is CNCc1ccc(Cl)cc1CNC(=O)Cc1c(C(F)(F)F)cc(C)n(CCn2cc(C)cn2)c1=O. The third kappa shape index (κ3) is 6.73. The van der Waals surface area contributed by atoms with Crippen molar-refractivity contribution in [3.8, 4) is 0 Å². The van der Waals surface area contributed by atoms with Gasteiger partial charge in [-0.05, 0) is 55.8 Å². The summed E-state index contributed by atoms with van der Waals surface area (Å²) in [6, 6.07) is 6.13. The molecular formula is C24H27ClF3N5O2. The molecule has 0 spiro atoms. The van der Waals surface area contributed by atoms with E-state index in [4.69, 9.17) is 11.6 Å². The highest BCUT2D eigenvalue weighted by atomic mass is 35.5. The summed E-state index contributed by atoms with van der Waals surface area (Å²) in [6.07, 6.45) is -2.04. The molecule has 35 heavy (non-hydrogen) atoms. The molecule has 0 bridgehead atoms. The van der Waals surface area contributed by atoms with Crippen LogP contribution in [0.15, 0.2) is 41.5 Å². The minimum Gasteiger partial charge on any atom is -0.352 e. The molecule has 188 valence electrons. The van der Waals surface area contributed by atoms with Crippen molar-refractivity contribution in [2.75, 3.05) is 7.05 Å². The van der Waals surface area contributed by atoms with Gasteiger partial charge in [-0.15, -0.1) is 0 Å². The number of carbonyl (C=O) groups excluding carboxylic acids is 1. The van der Waals surface area contributed by atoms with Gasteiger partial charge in [-0.2, -0.15) is 18.3 Å². The molecule has 2 aromatic heterocycles. The topological polar surface area (TPSA) is 80.9 Å². The fourth-order valence-corrected chi connectivity index (χ4v) is 4.04. The lowest BCUT2D eigenvalue weighted by Crippen LogP contribution is -2.34. The number of halogens is 4. The lowest BCUT2D eigenvalue weighted by Gasteiger charge is -2.18. The summed E-state index contributed by atoms with van der Waals surface area (Å²) in [4.78, 5) is 25.8. The summed E-state index contributed by atoms with van der Waals surface area (Å²) >= 11 is 6.05.